The van der Waals surface area contributed by atoms with Crippen molar-refractivity contribution in [3.8, 4) is 11.1 Å². The zero-order valence-electron chi connectivity index (χ0n) is 18.0. The van der Waals surface area contributed by atoms with E-state index < -0.39 is 11.7 Å². The molecule has 0 aromatic heterocycles. The SMILES string of the molecule is O=C(NCC1(O)CCN(Cc2ccccc2)C1)OCC1c2ccccc2-c2ccccc21. The molecule has 0 spiro atoms. The summed E-state index contributed by atoms with van der Waals surface area (Å²) in [5.74, 6) is 0.0316. The van der Waals surface area contributed by atoms with Crippen molar-refractivity contribution in [1.29, 1.82) is 0 Å². The van der Waals surface area contributed by atoms with Crippen LogP contribution in [0.3, 0.4) is 0 Å². The van der Waals surface area contributed by atoms with E-state index in [4.69, 9.17) is 4.74 Å². The molecular weight excluding hydrogens is 400 g/mol. The Kier molecular flexibility index (Phi) is 5.68. The van der Waals surface area contributed by atoms with Crippen molar-refractivity contribution in [3.63, 3.8) is 0 Å². The van der Waals surface area contributed by atoms with Gasteiger partial charge in [-0.3, -0.25) is 4.90 Å². The third kappa shape index (κ3) is 4.27. The predicted octanol–water partition coefficient (Wildman–Crippen LogP) is 4.16. The molecule has 5 heteroatoms. The molecule has 1 amide bonds. The molecule has 1 atom stereocenters. The lowest BCUT2D eigenvalue weighted by atomic mass is 9.98. The molecule has 32 heavy (non-hydrogen) atoms. The largest absolute Gasteiger partial charge is 0.449 e. The first-order valence-electron chi connectivity index (χ1n) is 11.2. The molecule has 1 fully saturated rings. The summed E-state index contributed by atoms with van der Waals surface area (Å²) in [5, 5.41) is 13.7. The number of benzene rings is 3. The van der Waals surface area contributed by atoms with Crippen LogP contribution in [0.5, 0.6) is 0 Å². The van der Waals surface area contributed by atoms with E-state index in [0.717, 1.165) is 13.1 Å². The van der Waals surface area contributed by atoms with Crippen LogP contribution in [-0.2, 0) is 11.3 Å². The second-order valence-electron chi connectivity index (χ2n) is 8.85. The Balaban J connectivity index is 1.14. The average Bonchev–Trinajstić information content (AvgIpc) is 3.35. The van der Waals surface area contributed by atoms with Crippen molar-refractivity contribution >= 4 is 6.09 Å². The highest BCUT2D eigenvalue weighted by atomic mass is 16.5. The smallest absolute Gasteiger partial charge is 0.407 e. The number of hydrogen-bond acceptors (Lipinski definition) is 4. The van der Waals surface area contributed by atoms with Crippen molar-refractivity contribution in [1.82, 2.24) is 10.2 Å². The van der Waals surface area contributed by atoms with E-state index in [1.165, 1.54) is 27.8 Å². The molecule has 5 rings (SSSR count). The Bertz CT molecular complexity index is 1060. The molecule has 0 saturated carbocycles. The number of nitrogens with zero attached hydrogens (tertiary/aromatic N) is 1. The molecule has 1 unspecified atom stereocenters. The molecule has 3 aromatic rings. The summed E-state index contributed by atoms with van der Waals surface area (Å²) >= 11 is 0. The summed E-state index contributed by atoms with van der Waals surface area (Å²) in [6.07, 6.45) is 0.144. The van der Waals surface area contributed by atoms with Gasteiger partial charge in [-0.25, -0.2) is 4.79 Å². The van der Waals surface area contributed by atoms with Crippen molar-refractivity contribution < 1.29 is 14.6 Å². The van der Waals surface area contributed by atoms with Crippen LogP contribution in [-0.4, -0.2) is 47.9 Å². The number of aliphatic hydroxyl groups is 1. The summed E-state index contributed by atoms with van der Waals surface area (Å²) in [6, 6.07) is 26.8. The Labute approximate surface area is 188 Å². The summed E-state index contributed by atoms with van der Waals surface area (Å²) in [5.41, 5.74) is 5.08. The Morgan fingerprint density at radius 2 is 1.59 bits per heavy atom. The molecule has 5 nitrogen and oxygen atoms in total. The number of likely N-dealkylation sites (tertiary alicyclic amines) is 1. The summed E-state index contributed by atoms with van der Waals surface area (Å²) < 4.78 is 5.59. The Hall–Kier alpha value is -3.15. The molecule has 3 aromatic carbocycles. The van der Waals surface area contributed by atoms with Gasteiger partial charge in [0.25, 0.3) is 0 Å². The average molecular weight is 429 g/mol. The Morgan fingerprint density at radius 1 is 0.969 bits per heavy atom. The van der Waals surface area contributed by atoms with Crippen LogP contribution >= 0.6 is 0 Å². The third-order valence-corrected chi connectivity index (χ3v) is 6.57. The minimum atomic E-state index is -0.930. The Morgan fingerprint density at radius 3 is 2.28 bits per heavy atom. The number of amides is 1. The quantitative estimate of drug-likeness (QED) is 0.619. The molecule has 2 N–H and O–H groups in total. The monoisotopic (exact) mass is 428 g/mol. The topological polar surface area (TPSA) is 61.8 Å². The molecule has 1 aliphatic carbocycles. The van der Waals surface area contributed by atoms with Crippen LogP contribution in [0.1, 0.15) is 29.0 Å². The van der Waals surface area contributed by atoms with Gasteiger partial charge in [0.1, 0.15) is 6.61 Å². The molecule has 1 heterocycles. The number of fused-ring (bicyclic) bond motifs is 3. The van der Waals surface area contributed by atoms with Gasteiger partial charge in [-0.05, 0) is 34.2 Å². The van der Waals surface area contributed by atoms with Crippen LogP contribution in [0.4, 0.5) is 4.79 Å². The van der Waals surface area contributed by atoms with Crippen molar-refractivity contribution in [3.05, 3.63) is 95.6 Å². The van der Waals surface area contributed by atoms with Crippen LogP contribution in [0.2, 0.25) is 0 Å². The first-order valence-corrected chi connectivity index (χ1v) is 11.2. The zero-order valence-corrected chi connectivity index (χ0v) is 18.0. The van der Waals surface area contributed by atoms with Gasteiger partial charge in [0, 0.05) is 25.6 Å². The molecule has 1 saturated heterocycles. The number of β-amino-alcohol motifs (C(OH)–C–C–N with tert-alkyl or cyclic N) is 1. The molecule has 0 radical (unpaired) electrons. The van der Waals surface area contributed by atoms with Crippen molar-refractivity contribution in [2.75, 3.05) is 26.2 Å². The van der Waals surface area contributed by atoms with Gasteiger partial charge in [-0.15, -0.1) is 0 Å². The van der Waals surface area contributed by atoms with Gasteiger partial charge < -0.3 is 15.2 Å². The molecular formula is C27H28N2O3. The van der Waals surface area contributed by atoms with Crippen LogP contribution in [0.15, 0.2) is 78.9 Å². The van der Waals surface area contributed by atoms with Crippen LogP contribution < -0.4 is 5.32 Å². The van der Waals surface area contributed by atoms with Crippen molar-refractivity contribution in [2.24, 2.45) is 0 Å². The fourth-order valence-electron chi connectivity index (χ4n) is 4.95. The lowest BCUT2D eigenvalue weighted by molar-refractivity contribution is 0.0457. The number of nitrogens with one attached hydrogen (secondary N) is 1. The van der Waals surface area contributed by atoms with E-state index in [-0.39, 0.29) is 19.1 Å². The van der Waals surface area contributed by atoms with Crippen molar-refractivity contribution in [2.45, 2.75) is 24.5 Å². The minimum absolute atomic E-state index is 0.0316. The minimum Gasteiger partial charge on any atom is -0.449 e. The summed E-state index contributed by atoms with van der Waals surface area (Å²) in [6.45, 7) is 2.60. The van der Waals surface area contributed by atoms with Gasteiger partial charge in [0.15, 0.2) is 0 Å². The number of carbonyl (C=O) groups is 1. The van der Waals surface area contributed by atoms with E-state index in [2.05, 4.69) is 46.6 Å². The van der Waals surface area contributed by atoms with Gasteiger partial charge in [-0.1, -0.05) is 78.9 Å². The fraction of sp³-hybridized carbons (Fsp3) is 0.296. The van der Waals surface area contributed by atoms with E-state index in [0.29, 0.717) is 13.0 Å². The van der Waals surface area contributed by atoms with Gasteiger partial charge in [0.2, 0.25) is 0 Å². The van der Waals surface area contributed by atoms with Crippen LogP contribution in [0.25, 0.3) is 11.1 Å². The predicted molar refractivity (Wildman–Crippen MR) is 124 cm³/mol. The maximum Gasteiger partial charge on any atom is 0.407 e. The van der Waals surface area contributed by atoms with E-state index in [9.17, 15) is 9.90 Å². The number of hydrogen-bond donors (Lipinski definition) is 2. The lowest BCUT2D eigenvalue weighted by Crippen LogP contribution is -2.45. The third-order valence-electron chi connectivity index (χ3n) is 6.57. The highest BCUT2D eigenvalue weighted by Gasteiger charge is 2.36. The second kappa shape index (κ2) is 8.77. The number of ether oxygens (including phenoxy) is 1. The number of alkyl carbamates (subject to hydrolysis) is 1. The zero-order chi connectivity index (χ0) is 22.0. The first kappa shape index (κ1) is 20.7. The van der Waals surface area contributed by atoms with E-state index in [1.54, 1.807) is 0 Å². The normalized spacial score (nSPS) is 20.0. The molecule has 0 bridgehead atoms. The maximum absolute atomic E-state index is 12.4. The van der Waals surface area contributed by atoms with Gasteiger partial charge in [0.05, 0.1) is 12.1 Å². The summed E-state index contributed by atoms with van der Waals surface area (Å²) in [7, 11) is 0. The van der Waals surface area contributed by atoms with E-state index >= 15 is 0 Å². The van der Waals surface area contributed by atoms with Crippen LogP contribution in [0, 0.1) is 0 Å². The highest BCUT2D eigenvalue weighted by Crippen LogP contribution is 2.44. The maximum atomic E-state index is 12.4. The second-order valence-corrected chi connectivity index (χ2v) is 8.85. The molecule has 1 aliphatic heterocycles. The number of rotatable bonds is 6. The number of carbonyl (C=O) groups excluding carboxylic acids is 1. The first-order chi connectivity index (χ1) is 15.6. The van der Waals surface area contributed by atoms with Gasteiger partial charge >= 0.3 is 6.09 Å². The molecule has 2 aliphatic rings. The van der Waals surface area contributed by atoms with E-state index in [1.807, 2.05) is 42.5 Å². The highest BCUT2D eigenvalue weighted by molar-refractivity contribution is 5.79. The molecule has 164 valence electrons. The fourth-order valence-corrected chi connectivity index (χ4v) is 4.95. The lowest BCUT2D eigenvalue weighted by Gasteiger charge is -2.24. The summed E-state index contributed by atoms with van der Waals surface area (Å²) in [4.78, 5) is 14.7. The standard InChI is InChI=1S/C27H28N2O3/c30-26(28-18-27(31)14-15-29(19-27)16-20-8-2-1-3-9-20)32-17-25-23-12-6-4-10-21(23)22-11-5-7-13-24(22)25/h1-13,25,31H,14-19H2,(H,28,30). The van der Waals surface area contributed by atoms with Gasteiger partial charge in [-0.2, -0.15) is 0 Å².